The maximum Gasteiger partial charge on any atom is 0.416 e. The van der Waals surface area contributed by atoms with Crippen LogP contribution in [0.2, 0.25) is 0 Å². The SMILES string of the molecule is C[N+]1([C@@H]2O[C@H](C(=O)[O-])[C@@H](O)[C@H](O)[C@H]2O)CCN(CCCN2c3ccccc3Sc3ccc(C(F)(F)F)cc32)CC1. The first-order chi connectivity index (χ1) is 18.9. The summed E-state index contributed by atoms with van der Waals surface area (Å²) in [6, 6.07) is 11.5. The molecule has 3 aliphatic rings. The van der Waals surface area contributed by atoms with Crippen LogP contribution in [-0.2, 0) is 15.7 Å². The lowest BCUT2D eigenvalue weighted by atomic mass is 9.96. The zero-order valence-electron chi connectivity index (χ0n) is 21.8. The molecular formula is C27H32F3N3O6S. The number of nitrogens with zero attached hydrogens (tertiary/aromatic N) is 3. The molecule has 218 valence electrons. The Morgan fingerprint density at radius 2 is 1.70 bits per heavy atom. The summed E-state index contributed by atoms with van der Waals surface area (Å²) in [4.78, 5) is 17.3. The number of anilines is 2. The number of halogens is 3. The molecule has 0 radical (unpaired) electrons. The Morgan fingerprint density at radius 3 is 2.38 bits per heavy atom. The van der Waals surface area contributed by atoms with E-state index < -0.39 is 48.4 Å². The summed E-state index contributed by atoms with van der Waals surface area (Å²) in [6.07, 6.45) is -11.5. The average Bonchev–Trinajstić information content (AvgIpc) is 2.91. The molecule has 3 heterocycles. The highest BCUT2D eigenvalue weighted by Gasteiger charge is 2.52. The number of aliphatic carboxylic acids is 1. The first kappa shape index (κ1) is 29.1. The van der Waals surface area contributed by atoms with E-state index in [-0.39, 0.29) is 4.48 Å². The maximum absolute atomic E-state index is 13.5. The number of carboxylic acid groups (broad SMARTS) is 1. The maximum atomic E-state index is 13.5. The summed E-state index contributed by atoms with van der Waals surface area (Å²) in [6.45, 7) is 3.36. The number of alkyl halides is 3. The smallest absolute Gasteiger partial charge is 0.416 e. The molecular weight excluding hydrogens is 551 g/mol. The van der Waals surface area contributed by atoms with Crippen LogP contribution in [0.25, 0.3) is 0 Å². The van der Waals surface area contributed by atoms with E-state index in [1.165, 1.54) is 23.9 Å². The summed E-state index contributed by atoms with van der Waals surface area (Å²) in [5.41, 5.74) is 0.719. The fourth-order valence-corrected chi connectivity index (χ4v) is 6.79. The molecule has 3 N–H and O–H groups in total. The largest absolute Gasteiger partial charge is 0.547 e. The Kier molecular flexibility index (Phi) is 8.09. The molecule has 9 nitrogen and oxygen atoms in total. The Balaban J connectivity index is 1.23. The number of hydrogen-bond donors (Lipinski definition) is 3. The molecule has 0 bridgehead atoms. The van der Waals surface area contributed by atoms with Crippen molar-refractivity contribution < 1.29 is 47.6 Å². The minimum Gasteiger partial charge on any atom is -0.547 e. The number of aliphatic hydroxyl groups excluding tert-OH is 3. The van der Waals surface area contributed by atoms with Crippen LogP contribution in [0, 0.1) is 0 Å². The molecule has 0 unspecified atom stereocenters. The van der Waals surface area contributed by atoms with Crippen molar-refractivity contribution in [3.63, 3.8) is 0 Å². The first-order valence-corrected chi connectivity index (χ1v) is 13.9. The Labute approximate surface area is 234 Å². The van der Waals surface area contributed by atoms with E-state index >= 15 is 0 Å². The van der Waals surface area contributed by atoms with Crippen LogP contribution in [0.3, 0.4) is 0 Å². The summed E-state index contributed by atoms with van der Waals surface area (Å²) < 4.78 is 46.1. The van der Waals surface area contributed by atoms with Crippen LogP contribution in [0.15, 0.2) is 52.3 Å². The second kappa shape index (κ2) is 11.1. The van der Waals surface area contributed by atoms with Gasteiger partial charge >= 0.3 is 6.18 Å². The van der Waals surface area contributed by atoms with Gasteiger partial charge in [0, 0.05) is 36.0 Å². The molecule has 5 rings (SSSR count). The third kappa shape index (κ3) is 5.56. The number of likely N-dealkylation sites (N-methyl/N-ethyl adjacent to an activating group) is 1. The molecule has 2 aromatic rings. The predicted molar refractivity (Wildman–Crippen MR) is 138 cm³/mol. The van der Waals surface area contributed by atoms with Gasteiger partial charge in [0.15, 0.2) is 6.10 Å². The number of quaternary nitrogens is 1. The second-order valence-electron chi connectivity index (χ2n) is 10.8. The van der Waals surface area contributed by atoms with Gasteiger partial charge < -0.3 is 34.9 Å². The van der Waals surface area contributed by atoms with Gasteiger partial charge in [-0.15, -0.1) is 0 Å². The quantitative estimate of drug-likeness (QED) is 0.429. The normalized spacial score (nSPS) is 28.6. The molecule has 0 amide bonds. The minimum absolute atomic E-state index is 0.148. The highest BCUT2D eigenvalue weighted by Crippen LogP contribution is 2.49. The minimum atomic E-state index is -4.44. The third-order valence-corrected chi connectivity index (χ3v) is 9.23. The number of hydrogen-bond acceptors (Lipinski definition) is 9. The van der Waals surface area contributed by atoms with Crippen LogP contribution < -0.4 is 10.0 Å². The molecule has 0 spiro atoms. The summed E-state index contributed by atoms with van der Waals surface area (Å²) in [5, 5.41) is 42.1. The van der Waals surface area contributed by atoms with Crippen molar-refractivity contribution in [3.05, 3.63) is 48.0 Å². The molecule has 0 aromatic heterocycles. The van der Waals surface area contributed by atoms with E-state index in [0.29, 0.717) is 51.4 Å². The molecule has 0 saturated carbocycles. The molecule has 3 aliphatic heterocycles. The van der Waals surface area contributed by atoms with Gasteiger partial charge in [0.2, 0.25) is 6.23 Å². The van der Waals surface area contributed by atoms with Crippen molar-refractivity contribution in [2.75, 3.05) is 51.2 Å². The van der Waals surface area contributed by atoms with Crippen LogP contribution in [0.5, 0.6) is 0 Å². The highest BCUT2D eigenvalue weighted by molar-refractivity contribution is 7.99. The van der Waals surface area contributed by atoms with Crippen LogP contribution >= 0.6 is 11.8 Å². The monoisotopic (exact) mass is 583 g/mol. The number of aliphatic hydroxyl groups is 3. The average molecular weight is 584 g/mol. The number of benzene rings is 2. The Bertz CT molecular complexity index is 1240. The van der Waals surface area contributed by atoms with Gasteiger partial charge in [-0.25, -0.2) is 0 Å². The Hall–Kier alpha value is -2.39. The van der Waals surface area contributed by atoms with Crippen LogP contribution in [0.1, 0.15) is 12.0 Å². The van der Waals surface area contributed by atoms with E-state index in [1.54, 1.807) is 7.05 Å². The van der Waals surface area contributed by atoms with Crippen LogP contribution in [0.4, 0.5) is 24.5 Å². The van der Waals surface area contributed by atoms with Crippen molar-refractivity contribution in [1.82, 2.24) is 4.90 Å². The van der Waals surface area contributed by atoms with Crippen molar-refractivity contribution in [2.45, 2.75) is 53.0 Å². The van der Waals surface area contributed by atoms with Crippen LogP contribution in [-0.4, -0.2) is 108 Å². The molecule has 40 heavy (non-hydrogen) atoms. The van der Waals surface area contributed by atoms with E-state index in [1.807, 2.05) is 29.2 Å². The van der Waals surface area contributed by atoms with E-state index in [2.05, 4.69) is 4.90 Å². The zero-order valence-corrected chi connectivity index (χ0v) is 22.6. The molecule has 2 saturated heterocycles. The van der Waals surface area contributed by atoms with Gasteiger partial charge in [-0.1, -0.05) is 23.9 Å². The number of carboxylic acids is 1. The summed E-state index contributed by atoms with van der Waals surface area (Å²) >= 11 is 1.45. The highest BCUT2D eigenvalue weighted by atomic mass is 32.2. The van der Waals surface area contributed by atoms with Crippen molar-refractivity contribution in [1.29, 1.82) is 0 Å². The number of ether oxygens (including phenoxy) is 1. The van der Waals surface area contributed by atoms with Crippen molar-refractivity contribution in [2.24, 2.45) is 0 Å². The number of rotatable bonds is 6. The fourth-order valence-electron chi connectivity index (χ4n) is 5.71. The van der Waals surface area contributed by atoms with E-state index in [0.717, 1.165) is 21.5 Å². The van der Waals surface area contributed by atoms with Gasteiger partial charge in [0.05, 0.1) is 43.0 Å². The van der Waals surface area contributed by atoms with Crippen molar-refractivity contribution >= 4 is 29.1 Å². The summed E-state index contributed by atoms with van der Waals surface area (Å²) in [7, 11) is 1.81. The lowest BCUT2D eigenvalue weighted by Gasteiger charge is -2.51. The van der Waals surface area contributed by atoms with Gasteiger partial charge in [-0.05, 0) is 36.8 Å². The van der Waals surface area contributed by atoms with Gasteiger partial charge in [0.25, 0.3) is 0 Å². The molecule has 0 aliphatic carbocycles. The Morgan fingerprint density at radius 1 is 1.02 bits per heavy atom. The first-order valence-electron chi connectivity index (χ1n) is 13.1. The van der Waals surface area contributed by atoms with Crippen molar-refractivity contribution in [3.8, 4) is 0 Å². The van der Waals surface area contributed by atoms with Gasteiger partial charge in [0.1, 0.15) is 18.3 Å². The topological polar surface area (TPSA) is 117 Å². The molecule has 5 atom stereocenters. The van der Waals surface area contributed by atoms with Gasteiger partial charge in [-0.2, -0.15) is 13.2 Å². The standard InChI is InChI=1S/C27H32F3N3O6S/c1-33(25-23(36)21(34)22(35)24(39-25)26(37)38)13-11-31(12-14-33)9-4-10-32-17-5-2-3-6-19(17)40-20-8-7-16(15-18(20)32)27(28,29)30/h2-3,5-8,15,21-25,34-36H,4,9-14H2,1H3/t21-,22-,23+,24-,25+/m0/s1. The molecule has 2 fully saturated rings. The summed E-state index contributed by atoms with van der Waals surface area (Å²) in [5.74, 6) is -1.66. The number of fused-ring (bicyclic) bond motifs is 2. The van der Waals surface area contributed by atoms with E-state index in [4.69, 9.17) is 4.74 Å². The zero-order chi connectivity index (χ0) is 28.8. The van der Waals surface area contributed by atoms with E-state index in [9.17, 15) is 38.4 Å². The molecule has 2 aromatic carbocycles. The molecule has 13 heteroatoms. The third-order valence-electron chi connectivity index (χ3n) is 8.10. The number of piperazine rings is 1. The lowest BCUT2D eigenvalue weighted by Crippen LogP contribution is -2.73. The second-order valence-corrected chi connectivity index (χ2v) is 11.8. The van der Waals surface area contributed by atoms with Gasteiger partial charge in [-0.3, -0.25) is 9.38 Å². The fraction of sp³-hybridized carbons (Fsp3) is 0.519. The number of carbonyl (C=O) groups excluding carboxylic acids is 1. The number of para-hydroxylation sites is 1. The number of carbonyl (C=O) groups is 1. The predicted octanol–water partition coefficient (Wildman–Crippen LogP) is 1.02. The lowest BCUT2D eigenvalue weighted by molar-refractivity contribution is -0.964.